The van der Waals surface area contributed by atoms with Gasteiger partial charge in [0, 0.05) is 34.1 Å². The summed E-state index contributed by atoms with van der Waals surface area (Å²) < 4.78 is 42.0. The minimum atomic E-state index is -3.97. The molecule has 0 saturated carbocycles. The van der Waals surface area contributed by atoms with Gasteiger partial charge in [-0.2, -0.15) is 5.26 Å². The van der Waals surface area contributed by atoms with Crippen LogP contribution >= 0.6 is 11.3 Å². The monoisotopic (exact) mass is 863 g/mol. The van der Waals surface area contributed by atoms with E-state index in [0.717, 1.165) is 49.0 Å². The zero-order valence-corrected chi connectivity index (χ0v) is 35.7. The summed E-state index contributed by atoms with van der Waals surface area (Å²) in [5.41, 5.74) is 9.16. The highest BCUT2D eigenvalue weighted by Gasteiger charge is 2.33. The number of aryl methyl sites for hydroxylation is 3. The molecule has 9 rings (SSSR count). The van der Waals surface area contributed by atoms with E-state index in [0.29, 0.717) is 50.5 Å². The third-order valence-electron chi connectivity index (χ3n) is 11.0. The predicted molar refractivity (Wildman–Crippen MR) is 234 cm³/mol. The lowest BCUT2D eigenvalue weighted by Crippen LogP contribution is -2.23. The number of nitrogens with one attached hydrogen (secondary N) is 3. The average molecular weight is 864 g/mol. The molecule has 1 aliphatic rings. The molecule has 17 heteroatoms. The molecule has 0 spiro atoms. The highest BCUT2D eigenvalue weighted by Crippen LogP contribution is 2.40. The second-order valence-corrected chi connectivity index (χ2v) is 17.8. The van der Waals surface area contributed by atoms with Gasteiger partial charge in [0.15, 0.2) is 11.4 Å². The molecule has 0 fully saturated rings. The Morgan fingerprint density at radius 1 is 0.968 bits per heavy atom. The van der Waals surface area contributed by atoms with Crippen LogP contribution in [0, 0.1) is 39.0 Å². The number of thiophene rings is 1. The number of oxazole rings is 1. The number of rotatable bonds is 10. The third-order valence-corrected chi connectivity index (χ3v) is 13.6. The molecular weight excluding hydrogens is 827 g/mol. The summed E-state index contributed by atoms with van der Waals surface area (Å²) in [5, 5.41) is 22.6. The lowest BCUT2D eigenvalue weighted by molar-refractivity contribution is -0.141. The molecule has 5 heterocycles. The van der Waals surface area contributed by atoms with E-state index in [1.807, 2.05) is 54.8 Å². The maximum absolute atomic E-state index is 13.3. The van der Waals surface area contributed by atoms with Gasteiger partial charge in [0.25, 0.3) is 15.9 Å². The highest BCUT2D eigenvalue weighted by molar-refractivity contribution is 7.92. The molecule has 15 nitrogen and oxygen atoms in total. The van der Waals surface area contributed by atoms with Crippen LogP contribution in [0.25, 0.3) is 38.1 Å². The molecule has 1 aliphatic heterocycles. The first kappa shape index (κ1) is 40.0. The Hall–Kier alpha value is -7.42. The first-order chi connectivity index (χ1) is 29.8. The van der Waals surface area contributed by atoms with Gasteiger partial charge in [-0.05, 0) is 85.8 Å². The molecule has 1 amide bonds. The number of methoxy groups -OCH3 is 1. The van der Waals surface area contributed by atoms with Gasteiger partial charge in [-0.3, -0.25) is 23.9 Å². The van der Waals surface area contributed by atoms with Crippen molar-refractivity contribution in [3.05, 3.63) is 141 Å². The Kier molecular flexibility index (Phi) is 10.0. The molecule has 0 unspecified atom stereocenters. The number of carbonyl (C=O) groups excluding carboxylic acids is 2. The van der Waals surface area contributed by atoms with E-state index in [1.54, 1.807) is 47.9 Å². The standard InChI is InChI=1S/C45H37N9O6S2/c1-23-6-16-33(41-38(23)31(20-46)22-47-41)53-62(57,58)32-14-7-27(8-15-32)21-48-43(56)44-50-34-18-30(13-17-36(34)60-44)28-9-11-29(12-10-28)40-39-24(2)25(3)61-45(39)54-26(4)51-52-42(54)35(49-40)19-37(55)59-5/h6-18,22,35,47,53H,19,21H2,1-5H3,(H,48,56)/t35-/m0/s1. The van der Waals surface area contributed by atoms with Gasteiger partial charge in [0.2, 0.25) is 0 Å². The van der Waals surface area contributed by atoms with E-state index in [1.165, 1.54) is 19.2 Å². The molecule has 0 radical (unpaired) electrons. The van der Waals surface area contributed by atoms with E-state index < -0.39 is 27.9 Å². The smallest absolute Gasteiger partial charge is 0.308 e. The number of sulfonamides is 1. The molecule has 0 saturated heterocycles. The summed E-state index contributed by atoms with van der Waals surface area (Å²) in [4.78, 5) is 39.5. The number of hydrogen-bond acceptors (Lipinski definition) is 12. The van der Waals surface area contributed by atoms with E-state index in [4.69, 9.17) is 14.1 Å². The van der Waals surface area contributed by atoms with Crippen molar-refractivity contribution < 1.29 is 27.2 Å². The summed E-state index contributed by atoms with van der Waals surface area (Å²) in [6.45, 7) is 7.99. The highest BCUT2D eigenvalue weighted by atomic mass is 32.2. The molecule has 62 heavy (non-hydrogen) atoms. The Bertz CT molecular complexity index is 3300. The number of nitrogens with zero attached hydrogens (tertiary/aromatic N) is 6. The van der Waals surface area contributed by atoms with Crippen molar-refractivity contribution in [2.24, 2.45) is 4.99 Å². The van der Waals surface area contributed by atoms with Gasteiger partial charge in [0.05, 0.1) is 40.9 Å². The number of aromatic amines is 1. The van der Waals surface area contributed by atoms with E-state index in [2.05, 4.69) is 50.1 Å². The van der Waals surface area contributed by atoms with Crippen LogP contribution in [0.3, 0.4) is 0 Å². The molecule has 8 aromatic rings. The van der Waals surface area contributed by atoms with Crippen molar-refractivity contribution in [2.75, 3.05) is 11.8 Å². The number of aromatic nitrogens is 5. The predicted octanol–water partition coefficient (Wildman–Crippen LogP) is 7.91. The van der Waals surface area contributed by atoms with Gasteiger partial charge in [-0.25, -0.2) is 13.4 Å². The largest absolute Gasteiger partial charge is 0.469 e. The van der Waals surface area contributed by atoms with Gasteiger partial charge in [-0.15, -0.1) is 21.5 Å². The number of benzene rings is 4. The Morgan fingerprint density at radius 3 is 2.45 bits per heavy atom. The average Bonchev–Trinajstić information content (AvgIpc) is 4.05. The lowest BCUT2D eigenvalue weighted by atomic mass is 9.97. The summed E-state index contributed by atoms with van der Waals surface area (Å²) in [6.07, 6.45) is 1.56. The van der Waals surface area contributed by atoms with Crippen molar-refractivity contribution in [1.82, 2.24) is 30.0 Å². The van der Waals surface area contributed by atoms with Crippen LogP contribution in [-0.4, -0.2) is 57.8 Å². The summed E-state index contributed by atoms with van der Waals surface area (Å²) >= 11 is 1.64. The SMILES string of the molecule is COC(=O)C[C@@H]1N=C(c2ccc(-c3ccc4oc(C(=O)NCc5ccc(S(=O)(=O)Nc6ccc(C)c7c(C#N)c[nH]c67)cc5)nc4c3)cc2)c2c(sc(C)c2C)-n2c(C)nnc21. The number of aliphatic imine (C=N–C) groups is 1. The zero-order chi connectivity index (χ0) is 43.4. The number of ether oxygens (including phenoxy) is 1. The summed E-state index contributed by atoms with van der Waals surface area (Å²) in [5.74, 6) is 0.255. The number of fused-ring (bicyclic) bond motifs is 5. The van der Waals surface area contributed by atoms with Gasteiger partial charge >= 0.3 is 11.9 Å². The first-order valence-corrected chi connectivity index (χ1v) is 21.7. The van der Waals surface area contributed by atoms with Crippen molar-refractivity contribution in [3.63, 3.8) is 0 Å². The van der Waals surface area contributed by atoms with Crippen molar-refractivity contribution in [2.45, 2.75) is 51.6 Å². The summed E-state index contributed by atoms with van der Waals surface area (Å²) in [6, 6.07) is 24.6. The second-order valence-electron chi connectivity index (χ2n) is 14.9. The fourth-order valence-corrected chi connectivity index (χ4v) is 9.92. The van der Waals surface area contributed by atoms with Crippen LogP contribution in [0.4, 0.5) is 5.69 Å². The third kappa shape index (κ3) is 7.08. The fraction of sp³-hybridized carbons (Fsp3) is 0.178. The molecule has 0 aliphatic carbocycles. The quantitative estimate of drug-likeness (QED) is 0.113. The zero-order valence-electron chi connectivity index (χ0n) is 34.0. The number of amides is 1. The number of esters is 1. The van der Waals surface area contributed by atoms with Crippen LogP contribution in [0.2, 0.25) is 0 Å². The lowest BCUT2D eigenvalue weighted by Gasteiger charge is -2.12. The molecular formula is C45H37N9O6S2. The minimum Gasteiger partial charge on any atom is -0.469 e. The molecule has 3 N–H and O–H groups in total. The Morgan fingerprint density at radius 2 is 1.71 bits per heavy atom. The number of anilines is 1. The molecule has 310 valence electrons. The normalized spacial score (nSPS) is 13.5. The summed E-state index contributed by atoms with van der Waals surface area (Å²) in [7, 11) is -2.61. The van der Waals surface area contributed by atoms with Crippen molar-refractivity contribution >= 4 is 66.6 Å². The Balaban J connectivity index is 0.899. The minimum absolute atomic E-state index is 0.0130. The van der Waals surface area contributed by atoms with Crippen LogP contribution in [-0.2, 0) is 26.1 Å². The van der Waals surface area contributed by atoms with Crippen molar-refractivity contribution in [1.29, 1.82) is 5.26 Å². The molecule has 4 aromatic carbocycles. The number of hydrogen-bond donors (Lipinski definition) is 3. The second kappa shape index (κ2) is 15.6. The first-order valence-electron chi connectivity index (χ1n) is 19.4. The van der Waals surface area contributed by atoms with Gasteiger partial charge in [0.1, 0.15) is 28.5 Å². The van der Waals surface area contributed by atoms with Crippen LogP contribution < -0.4 is 10.0 Å². The van der Waals surface area contributed by atoms with Gasteiger partial charge < -0.3 is 19.5 Å². The maximum Gasteiger partial charge on any atom is 0.308 e. The number of carbonyl (C=O) groups is 2. The van der Waals surface area contributed by atoms with E-state index >= 15 is 0 Å². The maximum atomic E-state index is 13.3. The van der Waals surface area contributed by atoms with Crippen LogP contribution in [0.1, 0.15) is 73.1 Å². The van der Waals surface area contributed by atoms with Gasteiger partial charge in [-0.1, -0.05) is 48.5 Å². The van der Waals surface area contributed by atoms with Crippen LogP contribution in [0.15, 0.2) is 99.4 Å². The van der Waals surface area contributed by atoms with E-state index in [9.17, 15) is 23.3 Å². The number of nitriles is 1. The number of H-pyrrole nitrogens is 1. The van der Waals surface area contributed by atoms with E-state index in [-0.39, 0.29) is 23.8 Å². The molecule has 1 atom stereocenters. The van der Waals surface area contributed by atoms with Crippen molar-refractivity contribution in [3.8, 4) is 22.2 Å². The fourth-order valence-electron chi connectivity index (χ4n) is 7.63. The topological polar surface area (TPSA) is 210 Å². The molecule has 0 bridgehead atoms. The molecule has 4 aromatic heterocycles. The Labute approximate surface area is 359 Å². The van der Waals surface area contributed by atoms with Crippen LogP contribution in [0.5, 0.6) is 0 Å².